The van der Waals surface area contributed by atoms with Crippen LogP contribution in [0.15, 0.2) is 19.0 Å². The average Bonchev–Trinajstić information content (AvgIpc) is 2.61. The summed E-state index contributed by atoms with van der Waals surface area (Å²) < 4.78 is 6.59. The van der Waals surface area contributed by atoms with Gasteiger partial charge in [0.1, 0.15) is 5.82 Å². The number of imidazole rings is 1. The maximum absolute atomic E-state index is 11.5. The van der Waals surface area contributed by atoms with Crippen LogP contribution in [0.4, 0.5) is 5.82 Å². The van der Waals surface area contributed by atoms with Crippen molar-refractivity contribution >= 4 is 11.8 Å². The number of rotatable bonds is 5. The number of nitrogen functional groups attached to an aromatic ring is 1. The fraction of sp³-hybridized carbons (Fsp3) is 0.455. The molecular formula is C11H17N3O2. The van der Waals surface area contributed by atoms with Crippen LogP contribution in [0.1, 0.15) is 36.8 Å². The van der Waals surface area contributed by atoms with Gasteiger partial charge in [-0.3, -0.25) is 0 Å². The Balaban J connectivity index is 2.91. The van der Waals surface area contributed by atoms with E-state index in [-0.39, 0.29) is 11.7 Å². The van der Waals surface area contributed by atoms with E-state index in [1.807, 2.05) is 6.92 Å². The third kappa shape index (κ3) is 2.42. The van der Waals surface area contributed by atoms with Crippen molar-refractivity contribution in [2.24, 2.45) is 0 Å². The van der Waals surface area contributed by atoms with E-state index in [9.17, 15) is 4.79 Å². The van der Waals surface area contributed by atoms with Gasteiger partial charge in [-0.1, -0.05) is 6.08 Å². The van der Waals surface area contributed by atoms with Crippen molar-refractivity contribution in [2.45, 2.75) is 26.3 Å². The maximum atomic E-state index is 11.5. The molecule has 2 N–H and O–H groups in total. The van der Waals surface area contributed by atoms with E-state index in [2.05, 4.69) is 11.6 Å². The Morgan fingerprint density at radius 1 is 1.81 bits per heavy atom. The van der Waals surface area contributed by atoms with Gasteiger partial charge in [0, 0.05) is 6.04 Å². The van der Waals surface area contributed by atoms with E-state index in [1.165, 1.54) is 0 Å². The summed E-state index contributed by atoms with van der Waals surface area (Å²) in [6.45, 7) is 7.70. The molecule has 1 aromatic rings. The second-order valence-corrected chi connectivity index (χ2v) is 3.48. The highest BCUT2D eigenvalue weighted by Gasteiger charge is 2.18. The minimum atomic E-state index is -0.482. The first-order chi connectivity index (χ1) is 7.61. The van der Waals surface area contributed by atoms with Crippen molar-refractivity contribution in [3.8, 4) is 0 Å². The molecule has 0 aliphatic carbocycles. The Morgan fingerprint density at radius 2 is 2.50 bits per heavy atom. The second kappa shape index (κ2) is 5.34. The summed E-state index contributed by atoms with van der Waals surface area (Å²) in [5.74, 6) is -0.141. The molecule has 1 rings (SSSR count). The van der Waals surface area contributed by atoms with Gasteiger partial charge in [0.25, 0.3) is 0 Å². The molecule has 16 heavy (non-hydrogen) atoms. The predicted molar refractivity (Wildman–Crippen MR) is 62.1 cm³/mol. The lowest BCUT2D eigenvalue weighted by molar-refractivity contribution is 0.0521. The average molecular weight is 223 g/mol. The molecule has 5 heteroatoms. The first-order valence-corrected chi connectivity index (χ1v) is 5.22. The molecule has 1 unspecified atom stereocenters. The summed E-state index contributed by atoms with van der Waals surface area (Å²) in [5.41, 5.74) is 6.01. The largest absolute Gasteiger partial charge is 0.461 e. The normalized spacial score (nSPS) is 12.1. The number of hydrogen-bond donors (Lipinski definition) is 1. The van der Waals surface area contributed by atoms with Crippen LogP contribution in [0.2, 0.25) is 0 Å². The van der Waals surface area contributed by atoms with Gasteiger partial charge in [-0.05, 0) is 20.3 Å². The van der Waals surface area contributed by atoms with E-state index in [1.54, 1.807) is 23.9 Å². The van der Waals surface area contributed by atoms with Gasteiger partial charge in [-0.15, -0.1) is 6.58 Å². The van der Waals surface area contributed by atoms with Crippen molar-refractivity contribution in [1.82, 2.24) is 9.55 Å². The van der Waals surface area contributed by atoms with E-state index in [0.717, 1.165) is 6.42 Å². The Labute approximate surface area is 94.9 Å². The summed E-state index contributed by atoms with van der Waals surface area (Å²) in [4.78, 5) is 15.4. The zero-order valence-electron chi connectivity index (χ0n) is 9.64. The number of nitrogens with zero attached hydrogens (tertiary/aromatic N) is 2. The summed E-state index contributed by atoms with van der Waals surface area (Å²) in [6, 6.07) is 0.133. The van der Waals surface area contributed by atoms with E-state index < -0.39 is 5.97 Å². The molecular weight excluding hydrogens is 206 g/mol. The zero-order valence-corrected chi connectivity index (χ0v) is 9.64. The molecule has 0 aliphatic rings. The number of anilines is 1. The number of carbonyl (C=O) groups is 1. The molecule has 0 fully saturated rings. The van der Waals surface area contributed by atoms with Crippen LogP contribution in [0, 0.1) is 0 Å². The van der Waals surface area contributed by atoms with Crippen LogP contribution < -0.4 is 5.73 Å². The first-order valence-electron chi connectivity index (χ1n) is 5.22. The third-order valence-corrected chi connectivity index (χ3v) is 2.28. The molecule has 0 aliphatic heterocycles. The van der Waals surface area contributed by atoms with Gasteiger partial charge >= 0.3 is 5.97 Å². The van der Waals surface area contributed by atoms with Crippen molar-refractivity contribution in [2.75, 3.05) is 12.3 Å². The van der Waals surface area contributed by atoms with E-state index in [4.69, 9.17) is 10.5 Å². The van der Waals surface area contributed by atoms with E-state index >= 15 is 0 Å². The third-order valence-electron chi connectivity index (χ3n) is 2.28. The number of aromatic nitrogens is 2. The summed E-state index contributed by atoms with van der Waals surface area (Å²) in [7, 11) is 0. The number of carbonyl (C=O) groups excluding carboxylic acids is 1. The molecule has 1 heterocycles. The molecule has 0 bridgehead atoms. The minimum Gasteiger partial charge on any atom is -0.461 e. The van der Waals surface area contributed by atoms with Crippen LogP contribution in [0.3, 0.4) is 0 Å². The molecule has 0 saturated carbocycles. The fourth-order valence-corrected chi connectivity index (χ4v) is 1.43. The fourth-order valence-electron chi connectivity index (χ4n) is 1.43. The maximum Gasteiger partial charge on any atom is 0.360 e. The van der Waals surface area contributed by atoms with Gasteiger partial charge in [-0.2, -0.15) is 0 Å². The number of nitrogens with two attached hydrogens (primary N) is 1. The Morgan fingerprint density at radius 3 is 3.06 bits per heavy atom. The summed E-state index contributed by atoms with van der Waals surface area (Å²) in [6.07, 6.45) is 4.12. The van der Waals surface area contributed by atoms with Gasteiger partial charge in [0.15, 0.2) is 5.69 Å². The van der Waals surface area contributed by atoms with Crippen LogP contribution in [-0.4, -0.2) is 22.1 Å². The molecule has 1 atom stereocenters. The molecule has 0 saturated heterocycles. The van der Waals surface area contributed by atoms with Crippen molar-refractivity contribution in [3.05, 3.63) is 24.7 Å². The molecule has 5 nitrogen and oxygen atoms in total. The Hall–Kier alpha value is -1.78. The number of hydrogen-bond acceptors (Lipinski definition) is 4. The molecule has 1 aromatic heterocycles. The molecule has 0 aromatic carbocycles. The van der Waals surface area contributed by atoms with Gasteiger partial charge in [0.2, 0.25) is 0 Å². The monoisotopic (exact) mass is 223 g/mol. The number of allylic oxidation sites excluding steroid dienone is 1. The highest BCUT2D eigenvalue weighted by Crippen LogP contribution is 2.19. The minimum absolute atomic E-state index is 0.133. The van der Waals surface area contributed by atoms with Crippen molar-refractivity contribution in [1.29, 1.82) is 0 Å². The highest BCUT2D eigenvalue weighted by molar-refractivity contribution is 5.92. The topological polar surface area (TPSA) is 70.1 Å². The SMILES string of the molecule is C=CCC(C)n1cnc(C(=O)OCC)c1N. The zero-order chi connectivity index (χ0) is 12.1. The van der Waals surface area contributed by atoms with Gasteiger partial charge < -0.3 is 15.0 Å². The summed E-state index contributed by atoms with van der Waals surface area (Å²) in [5, 5.41) is 0. The van der Waals surface area contributed by atoms with Crippen LogP contribution in [0.25, 0.3) is 0 Å². The van der Waals surface area contributed by atoms with Crippen LogP contribution in [0.5, 0.6) is 0 Å². The van der Waals surface area contributed by atoms with Crippen molar-refractivity contribution < 1.29 is 9.53 Å². The molecule has 0 amide bonds. The summed E-state index contributed by atoms with van der Waals surface area (Å²) >= 11 is 0. The van der Waals surface area contributed by atoms with Crippen LogP contribution in [-0.2, 0) is 4.74 Å². The van der Waals surface area contributed by atoms with Crippen LogP contribution >= 0.6 is 0 Å². The lowest BCUT2D eigenvalue weighted by Crippen LogP contribution is -2.11. The quantitative estimate of drug-likeness (QED) is 0.610. The molecule has 0 radical (unpaired) electrons. The Kier molecular flexibility index (Phi) is 4.10. The first kappa shape index (κ1) is 12.3. The second-order valence-electron chi connectivity index (χ2n) is 3.48. The van der Waals surface area contributed by atoms with Gasteiger partial charge in [-0.25, -0.2) is 9.78 Å². The van der Waals surface area contributed by atoms with E-state index in [0.29, 0.717) is 12.4 Å². The molecule has 88 valence electrons. The standard InChI is InChI=1S/C11H17N3O2/c1-4-6-8(3)14-7-13-9(10(14)12)11(15)16-5-2/h4,7-8H,1,5-6,12H2,2-3H3. The number of ether oxygens (including phenoxy) is 1. The molecule has 0 spiro atoms. The lowest BCUT2D eigenvalue weighted by Gasteiger charge is -2.12. The smallest absolute Gasteiger partial charge is 0.360 e. The Bertz CT molecular complexity index is 385. The van der Waals surface area contributed by atoms with Gasteiger partial charge in [0.05, 0.1) is 12.9 Å². The number of esters is 1. The lowest BCUT2D eigenvalue weighted by atomic mass is 10.2. The highest BCUT2D eigenvalue weighted by atomic mass is 16.5. The predicted octanol–water partition coefficient (Wildman–Crippen LogP) is 1.78. The van der Waals surface area contributed by atoms with Crippen molar-refractivity contribution in [3.63, 3.8) is 0 Å².